The van der Waals surface area contributed by atoms with Gasteiger partial charge in [0.1, 0.15) is 10.8 Å². The van der Waals surface area contributed by atoms with E-state index in [-0.39, 0.29) is 5.78 Å². The summed E-state index contributed by atoms with van der Waals surface area (Å²) in [6, 6.07) is 1.58. The van der Waals surface area contributed by atoms with Crippen LogP contribution in [0.5, 0.6) is 0 Å². The van der Waals surface area contributed by atoms with Crippen molar-refractivity contribution in [3.63, 3.8) is 0 Å². The minimum Gasteiger partial charge on any atom is -0.292 e. The van der Waals surface area contributed by atoms with Crippen molar-refractivity contribution in [2.24, 2.45) is 0 Å². The molecular formula is C9H7Cl2NO. The van der Waals surface area contributed by atoms with Crippen LogP contribution in [0, 0.1) is 0 Å². The zero-order valence-electron chi connectivity index (χ0n) is 6.81. The van der Waals surface area contributed by atoms with E-state index in [1.807, 2.05) is 0 Å². The summed E-state index contributed by atoms with van der Waals surface area (Å²) in [5, 5.41) is 0.849. The smallest absolute Gasteiger partial charge is 0.181 e. The Kier molecular flexibility index (Phi) is 2.26. The number of halogens is 2. The van der Waals surface area contributed by atoms with Crippen molar-refractivity contribution >= 4 is 29.0 Å². The molecule has 0 N–H and O–H groups in total. The number of fused-ring (bicyclic) bond motifs is 1. The second kappa shape index (κ2) is 3.28. The van der Waals surface area contributed by atoms with E-state index >= 15 is 0 Å². The maximum absolute atomic E-state index is 11.4. The Morgan fingerprint density at radius 2 is 2.08 bits per heavy atom. The highest BCUT2D eigenvalue weighted by Crippen LogP contribution is 2.28. The lowest BCUT2D eigenvalue weighted by atomic mass is 9.95. The molecule has 1 aliphatic rings. The number of nitrogens with zero attached hydrogens (tertiary/aromatic N) is 1. The van der Waals surface area contributed by atoms with Gasteiger partial charge in [0.05, 0.1) is 0 Å². The monoisotopic (exact) mass is 215 g/mol. The van der Waals surface area contributed by atoms with Gasteiger partial charge in [-0.05, 0) is 18.9 Å². The molecule has 0 aliphatic heterocycles. The molecule has 0 bridgehead atoms. The van der Waals surface area contributed by atoms with E-state index < -0.39 is 0 Å². The molecule has 0 fully saturated rings. The summed E-state index contributed by atoms with van der Waals surface area (Å²) in [5.74, 6) is 0.0469. The van der Waals surface area contributed by atoms with E-state index in [9.17, 15) is 4.79 Å². The fraction of sp³-hybridized carbons (Fsp3) is 0.333. The van der Waals surface area contributed by atoms with Crippen molar-refractivity contribution in [3.05, 3.63) is 27.5 Å². The van der Waals surface area contributed by atoms with Crippen LogP contribution in [-0.2, 0) is 6.42 Å². The SMILES string of the molecule is O=C1CCCc2c(Cl)cc(Cl)nc21. The topological polar surface area (TPSA) is 30.0 Å². The first-order valence-corrected chi connectivity index (χ1v) is 4.82. The third-order valence-electron chi connectivity index (χ3n) is 2.13. The molecule has 1 aromatic rings. The summed E-state index contributed by atoms with van der Waals surface area (Å²) in [4.78, 5) is 15.4. The average molecular weight is 216 g/mol. The first-order chi connectivity index (χ1) is 6.18. The molecule has 0 spiro atoms. The fourth-order valence-corrected chi connectivity index (χ4v) is 2.06. The number of ketones is 1. The van der Waals surface area contributed by atoms with Crippen LogP contribution in [0.2, 0.25) is 10.2 Å². The molecule has 0 atom stereocenters. The zero-order valence-corrected chi connectivity index (χ0v) is 8.32. The van der Waals surface area contributed by atoms with E-state index in [1.54, 1.807) is 6.07 Å². The van der Waals surface area contributed by atoms with Crippen molar-refractivity contribution in [3.8, 4) is 0 Å². The predicted octanol–water partition coefficient (Wildman–Crippen LogP) is 2.91. The Morgan fingerprint density at radius 3 is 2.85 bits per heavy atom. The number of pyridine rings is 1. The van der Waals surface area contributed by atoms with Crippen LogP contribution < -0.4 is 0 Å². The Balaban J connectivity index is 2.63. The van der Waals surface area contributed by atoms with Crippen LogP contribution in [0.25, 0.3) is 0 Å². The predicted molar refractivity (Wildman–Crippen MR) is 51.5 cm³/mol. The Hall–Kier alpha value is -0.600. The maximum atomic E-state index is 11.4. The molecule has 1 aromatic heterocycles. The fourth-order valence-electron chi connectivity index (χ4n) is 1.52. The molecule has 0 unspecified atom stereocenters. The molecule has 68 valence electrons. The lowest BCUT2D eigenvalue weighted by molar-refractivity contribution is 0.0967. The highest BCUT2D eigenvalue weighted by atomic mass is 35.5. The molecule has 0 amide bonds. The summed E-state index contributed by atoms with van der Waals surface area (Å²) in [5.41, 5.74) is 1.31. The van der Waals surface area contributed by atoms with E-state index in [4.69, 9.17) is 23.2 Å². The second-order valence-corrected chi connectivity index (χ2v) is 3.83. The van der Waals surface area contributed by atoms with Gasteiger partial charge in [0.15, 0.2) is 5.78 Å². The number of hydrogen-bond donors (Lipinski definition) is 0. The van der Waals surface area contributed by atoms with Crippen LogP contribution in [0.3, 0.4) is 0 Å². The Labute approximate surface area is 85.9 Å². The van der Waals surface area contributed by atoms with Gasteiger partial charge in [0.2, 0.25) is 0 Å². The van der Waals surface area contributed by atoms with Gasteiger partial charge < -0.3 is 0 Å². The highest BCUT2D eigenvalue weighted by molar-refractivity contribution is 6.35. The van der Waals surface area contributed by atoms with E-state index in [0.29, 0.717) is 22.3 Å². The Bertz CT molecular complexity index is 376. The third kappa shape index (κ3) is 1.56. The number of rotatable bonds is 0. The first-order valence-electron chi connectivity index (χ1n) is 4.06. The van der Waals surface area contributed by atoms with Gasteiger partial charge in [-0.25, -0.2) is 4.98 Å². The number of hydrogen-bond acceptors (Lipinski definition) is 2. The van der Waals surface area contributed by atoms with Gasteiger partial charge in [-0.3, -0.25) is 4.79 Å². The molecule has 0 radical (unpaired) electrons. The highest BCUT2D eigenvalue weighted by Gasteiger charge is 2.21. The van der Waals surface area contributed by atoms with E-state index in [1.165, 1.54) is 0 Å². The molecule has 2 nitrogen and oxygen atoms in total. The summed E-state index contributed by atoms with van der Waals surface area (Å²) in [6.07, 6.45) is 2.23. The van der Waals surface area contributed by atoms with Crippen molar-refractivity contribution in [1.29, 1.82) is 0 Å². The van der Waals surface area contributed by atoms with Gasteiger partial charge in [-0.15, -0.1) is 0 Å². The lowest BCUT2D eigenvalue weighted by Crippen LogP contribution is -2.13. The van der Waals surface area contributed by atoms with E-state index in [0.717, 1.165) is 18.4 Å². The van der Waals surface area contributed by atoms with Gasteiger partial charge in [0, 0.05) is 17.0 Å². The molecule has 1 heterocycles. The molecule has 1 aliphatic carbocycles. The maximum Gasteiger partial charge on any atom is 0.181 e. The standard InChI is InChI=1S/C9H7Cl2NO/c10-6-4-8(11)12-9-5(6)2-1-3-7(9)13/h4H,1-3H2. The summed E-state index contributed by atoms with van der Waals surface area (Å²) in [6.45, 7) is 0. The number of carbonyl (C=O) groups is 1. The summed E-state index contributed by atoms with van der Waals surface area (Å²) in [7, 11) is 0. The number of carbonyl (C=O) groups excluding carboxylic acids is 1. The first kappa shape index (κ1) is 8.97. The molecule has 2 rings (SSSR count). The molecular weight excluding hydrogens is 209 g/mol. The largest absolute Gasteiger partial charge is 0.292 e. The summed E-state index contributed by atoms with van der Waals surface area (Å²) < 4.78 is 0. The quantitative estimate of drug-likeness (QED) is 0.624. The molecule has 0 saturated heterocycles. The minimum atomic E-state index is 0.0469. The second-order valence-electron chi connectivity index (χ2n) is 3.03. The minimum absolute atomic E-state index is 0.0469. The van der Waals surface area contributed by atoms with Crippen LogP contribution in [-0.4, -0.2) is 10.8 Å². The normalized spacial score (nSPS) is 15.7. The lowest BCUT2D eigenvalue weighted by Gasteiger charge is -2.14. The molecule has 0 aromatic carbocycles. The number of aromatic nitrogens is 1. The average Bonchev–Trinajstić information content (AvgIpc) is 2.07. The van der Waals surface area contributed by atoms with Gasteiger partial charge >= 0.3 is 0 Å². The number of Topliss-reactive ketones (excluding diaryl/α,β-unsaturated/α-hetero) is 1. The van der Waals surface area contributed by atoms with Gasteiger partial charge in [-0.2, -0.15) is 0 Å². The van der Waals surface area contributed by atoms with Crippen LogP contribution in [0.15, 0.2) is 6.07 Å². The van der Waals surface area contributed by atoms with Crippen LogP contribution >= 0.6 is 23.2 Å². The zero-order chi connectivity index (χ0) is 9.42. The molecule has 4 heteroatoms. The van der Waals surface area contributed by atoms with Crippen molar-refractivity contribution in [2.45, 2.75) is 19.3 Å². The van der Waals surface area contributed by atoms with Gasteiger partial charge in [0.25, 0.3) is 0 Å². The Morgan fingerprint density at radius 1 is 1.31 bits per heavy atom. The summed E-state index contributed by atoms with van der Waals surface area (Å²) >= 11 is 11.6. The van der Waals surface area contributed by atoms with Crippen LogP contribution in [0.1, 0.15) is 28.9 Å². The van der Waals surface area contributed by atoms with Crippen molar-refractivity contribution in [2.75, 3.05) is 0 Å². The van der Waals surface area contributed by atoms with Crippen LogP contribution in [0.4, 0.5) is 0 Å². The van der Waals surface area contributed by atoms with Crippen molar-refractivity contribution in [1.82, 2.24) is 4.98 Å². The van der Waals surface area contributed by atoms with E-state index in [2.05, 4.69) is 4.98 Å². The van der Waals surface area contributed by atoms with Crippen molar-refractivity contribution < 1.29 is 4.79 Å². The molecule has 13 heavy (non-hydrogen) atoms. The van der Waals surface area contributed by atoms with Gasteiger partial charge in [-0.1, -0.05) is 23.2 Å². The third-order valence-corrected chi connectivity index (χ3v) is 2.66. The molecule has 0 saturated carbocycles.